The molecule has 2 aliphatic rings. The third-order valence-corrected chi connectivity index (χ3v) is 7.46. The molecule has 1 fully saturated rings. The third-order valence-electron chi connectivity index (χ3n) is 5.55. The molecule has 2 heterocycles. The van der Waals surface area contributed by atoms with Crippen molar-refractivity contribution >= 4 is 22.0 Å². The number of piperazine rings is 1. The van der Waals surface area contributed by atoms with E-state index in [0.717, 1.165) is 11.1 Å². The Bertz CT molecular complexity index is 1090. The topological polar surface area (TPSA) is 76.2 Å². The number of hydrogen-bond acceptors (Lipinski definition) is 5. The molecule has 0 aromatic heterocycles. The van der Waals surface area contributed by atoms with Crippen LogP contribution in [0.4, 0.5) is 0 Å². The van der Waals surface area contributed by atoms with Crippen LogP contribution in [0.25, 0.3) is 6.08 Å². The summed E-state index contributed by atoms with van der Waals surface area (Å²) in [6.07, 6.45) is 3.23. The summed E-state index contributed by atoms with van der Waals surface area (Å²) in [5.74, 6) is 1.56. The molecule has 0 aliphatic carbocycles. The Hall–Kier alpha value is -2.84. The number of nitrogens with zero attached hydrogens (tertiary/aromatic N) is 2. The minimum atomic E-state index is -3.56. The van der Waals surface area contributed by atoms with Gasteiger partial charge in [-0.3, -0.25) is 4.79 Å². The van der Waals surface area contributed by atoms with Crippen LogP contribution in [0.3, 0.4) is 0 Å². The van der Waals surface area contributed by atoms with Crippen LogP contribution < -0.4 is 9.47 Å². The van der Waals surface area contributed by atoms with Crippen LogP contribution in [0.15, 0.2) is 53.4 Å². The van der Waals surface area contributed by atoms with Crippen LogP contribution in [-0.2, 0) is 14.8 Å². The molecule has 31 heavy (non-hydrogen) atoms. The van der Waals surface area contributed by atoms with Gasteiger partial charge in [0, 0.05) is 32.3 Å². The van der Waals surface area contributed by atoms with Gasteiger partial charge in [-0.15, -0.1) is 0 Å². The zero-order chi connectivity index (χ0) is 22.0. The van der Waals surface area contributed by atoms with E-state index in [4.69, 9.17) is 9.47 Å². The molecular weight excluding hydrogens is 416 g/mol. The van der Waals surface area contributed by atoms with E-state index in [9.17, 15) is 13.2 Å². The van der Waals surface area contributed by atoms with Gasteiger partial charge in [0.05, 0.1) is 4.90 Å². The van der Waals surface area contributed by atoms with Gasteiger partial charge in [-0.25, -0.2) is 8.42 Å². The predicted octanol–water partition coefficient (Wildman–Crippen LogP) is 3.09. The van der Waals surface area contributed by atoms with E-state index in [1.165, 1.54) is 10.4 Å². The molecule has 0 saturated carbocycles. The third kappa shape index (κ3) is 4.60. The molecule has 0 radical (unpaired) electrons. The molecule has 2 aromatic carbocycles. The highest BCUT2D eigenvalue weighted by molar-refractivity contribution is 7.89. The SMILES string of the molecule is CC(C)c1ccc(S(=O)(=O)N2CCN(C(=O)C=Cc3ccc4c(c3)OCO4)CC2)cc1. The minimum absolute atomic E-state index is 0.143. The van der Waals surface area contributed by atoms with Crippen LogP contribution >= 0.6 is 0 Å². The number of hydrogen-bond donors (Lipinski definition) is 0. The van der Waals surface area contributed by atoms with Crippen LogP contribution in [0.5, 0.6) is 11.5 Å². The second-order valence-corrected chi connectivity index (χ2v) is 9.84. The number of benzene rings is 2. The fraction of sp³-hybridized carbons (Fsp3) is 0.348. The second-order valence-electron chi connectivity index (χ2n) is 7.90. The van der Waals surface area contributed by atoms with Gasteiger partial charge in [-0.05, 0) is 47.4 Å². The average Bonchev–Trinajstić information content (AvgIpc) is 3.25. The van der Waals surface area contributed by atoms with Gasteiger partial charge < -0.3 is 14.4 Å². The van der Waals surface area contributed by atoms with Crippen molar-refractivity contribution in [1.29, 1.82) is 0 Å². The van der Waals surface area contributed by atoms with Gasteiger partial charge in [-0.1, -0.05) is 32.0 Å². The fourth-order valence-electron chi connectivity index (χ4n) is 3.61. The summed E-state index contributed by atoms with van der Waals surface area (Å²) in [5.41, 5.74) is 1.94. The van der Waals surface area contributed by atoms with E-state index < -0.39 is 10.0 Å². The molecular formula is C23H26N2O5S. The largest absolute Gasteiger partial charge is 0.454 e. The van der Waals surface area contributed by atoms with Gasteiger partial charge in [0.25, 0.3) is 0 Å². The van der Waals surface area contributed by atoms with Gasteiger partial charge >= 0.3 is 0 Å². The first kappa shape index (κ1) is 21.4. The van der Waals surface area contributed by atoms with E-state index in [2.05, 4.69) is 13.8 Å². The molecule has 1 amide bonds. The first-order valence-corrected chi connectivity index (χ1v) is 11.8. The summed E-state index contributed by atoms with van der Waals surface area (Å²) in [6.45, 7) is 5.61. The predicted molar refractivity (Wildman–Crippen MR) is 117 cm³/mol. The Labute approximate surface area is 182 Å². The van der Waals surface area contributed by atoms with E-state index >= 15 is 0 Å². The van der Waals surface area contributed by atoms with Crippen LogP contribution in [0.2, 0.25) is 0 Å². The maximum absolute atomic E-state index is 12.9. The molecule has 2 aromatic rings. The molecule has 1 saturated heterocycles. The van der Waals surface area contributed by atoms with Crippen molar-refractivity contribution in [3.8, 4) is 11.5 Å². The van der Waals surface area contributed by atoms with Gasteiger partial charge in [0.15, 0.2) is 11.5 Å². The molecule has 0 atom stereocenters. The summed E-state index contributed by atoms with van der Waals surface area (Å²) in [7, 11) is -3.56. The van der Waals surface area contributed by atoms with Gasteiger partial charge in [-0.2, -0.15) is 4.31 Å². The molecule has 8 heteroatoms. The maximum atomic E-state index is 12.9. The van der Waals surface area contributed by atoms with Crippen molar-refractivity contribution in [2.75, 3.05) is 33.0 Å². The molecule has 0 unspecified atom stereocenters. The second kappa shape index (κ2) is 8.72. The molecule has 0 spiro atoms. The zero-order valence-corrected chi connectivity index (χ0v) is 18.5. The molecule has 7 nitrogen and oxygen atoms in total. The van der Waals surface area contributed by atoms with Crippen molar-refractivity contribution < 1.29 is 22.7 Å². The summed E-state index contributed by atoms with van der Waals surface area (Å²) < 4.78 is 37.9. The Balaban J connectivity index is 1.36. The Morgan fingerprint density at radius 2 is 1.65 bits per heavy atom. The summed E-state index contributed by atoms with van der Waals surface area (Å²) >= 11 is 0. The molecule has 4 rings (SSSR count). The minimum Gasteiger partial charge on any atom is -0.454 e. The molecule has 164 valence electrons. The normalized spacial score (nSPS) is 16.9. The van der Waals surface area contributed by atoms with Crippen molar-refractivity contribution in [1.82, 2.24) is 9.21 Å². The lowest BCUT2D eigenvalue weighted by Gasteiger charge is -2.33. The Kier molecular flexibility index (Phi) is 6.02. The maximum Gasteiger partial charge on any atom is 0.246 e. The first-order valence-electron chi connectivity index (χ1n) is 10.3. The zero-order valence-electron chi connectivity index (χ0n) is 17.7. The van der Waals surface area contributed by atoms with Crippen LogP contribution in [0, 0.1) is 0 Å². The van der Waals surface area contributed by atoms with E-state index in [1.807, 2.05) is 30.3 Å². The highest BCUT2D eigenvalue weighted by Crippen LogP contribution is 2.32. The summed E-state index contributed by atoms with van der Waals surface area (Å²) in [4.78, 5) is 14.5. The van der Waals surface area contributed by atoms with Crippen LogP contribution in [0.1, 0.15) is 30.9 Å². The first-order chi connectivity index (χ1) is 14.8. The van der Waals surface area contributed by atoms with Crippen molar-refractivity contribution in [2.24, 2.45) is 0 Å². The smallest absolute Gasteiger partial charge is 0.246 e. The number of rotatable bonds is 5. The highest BCUT2D eigenvalue weighted by Gasteiger charge is 2.29. The molecule has 0 N–H and O–H groups in total. The number of carbonyl (C=O) groups excluding carboxylic acids is 1. The number of sulfonamides is 1. The fourth-order valence-corrected chi connectivity index (χ4v) is 5.03. The number of carbonyl (C=O) groups is 1. The van der Waals surface area contributed by atoms with Crippen molar-refractivity contribution in [3.63, 3.8) is 0 Å². The quantitative estimate of drug-likeness (QED) is 0.665. The number of amides is 1. The number of ether oxygens (including phenoxy) is 2. The van der Waals surface area contributed by atoms with E-state index in [0.29, 0.717) is 35.4 Å². The Morgan fingerprint density at radius 3 is 2.32 bits per heavy atom. The van der Waals surface area contributed by atoms with Crippen molar-refractivity contribution in [2.45, 2.75) is 24.7 Å². The van der Waals surface area contributed by atoms with Gasteiger partial charge in [0.1, 0.15) is 0 Å². The lowest BCUT2D eigenvalue weighted by Crippen LogP contribution is -2.50. The molecule has 2 aliphatic heterocycles. The lowest BCUT2D eigenvalue weighted by atomic mass is 10.0. The lowest BCUT2D eigenvalue weighted by molar-refractivity contribution is -0.127. The van der Waals surface area contributed by atoms with Crippen LogP contribution in [-0.4, -0.2) is 56.5 Å². The molecule has 0 bridgehead atoms. The van der Waals surface area contributed by atoms with E-state index in [-0.39, 0.29) is 25.8 Å². The van der Waals surface area contributed by atoms with E-state index in [1.54, 1.807) is 23.1 Å². The standard InChI is InChI=1S/C23H26N2O5S/c1-17(2)19-5-7-20(8-6-19)31(27,28)25-13-11-24(12-14-25)23(26)10-4-18-3-9-21-22(15-18)30-16-29-21/h3-10,15,17H,11-14,16H2,1-2H3. The average molecular weight is 443 g/mol. The highest BCUT2D eigenvalue weighted by atomic mass is 32.2. The summed E-state index contributed by atoms with van der Waals surface area (Å²) in [5, 5.41) is 0. The monoisotopic (exact) mass is 442 g/mol. The van der Waals surface area contributed by atoms with Gasteiger partial charge in [0.2, 0.25) is 22.7 Å². The number of fused-ring (bicyclic) bond motifs is 1. The summed E-state index contributed by atoms with van der Waals surface area (Å²) in [6, 6.07) is 12.5. The van der Waals surface area contributed by atoms with Crippen molar-refractivity contribution in [3.05, 3.63) is 59.7 Å². The Morgan fingerprint density at radius 1 is 0.968 bits per heavy atom.